The highest BCUT2D eigenvalue weighted by Crippen LogP contribution is 2.27. The molecular weight excluding hydrogens is 901 g/mol. The van der Waals surface area contributed by atoms with Gasteiger partial charge in [0.05, 0.1) is 19.8 Å². The van der Waals surface area contributed by atoms with Crippen molar-refractivity contribution in [3.05, 3.63) is 0 Å². The SMILES string of the molecule is CCCCCCCCCCCCCCCCCCCCCCCCC(=O)OC(COC(=O)CCCCCCCCCCCCCC)COC1OC(COC2OC(CO)C(O)C(O)C2O)C(O)C(O)C1O. The summed E-state index contributed by atoms with van der Waals surface area (Å²) in [5.41, 5.74) is 0. The van der Waals surface area contributed by atoms with Crippen molar-refractivity contribution in [2.24, 2.45) is 0 Å². The van der Waals surface area contributed by atoms with Gasteiger partial charge in [-0.1, -0.05) is 219 Å². The second-order valence-corrected chi connectivity index (χ2v) is 20.5. The average molecular weight is 1010 g/mol. The molecule has 2 aliphatic rings. The van der Waals surface area contributed by atoms with Gasteiger partial charge in [0.15, 0.2) is 18.7 Å². The summed E-state index contributed by atoms with van der Waals surface area (Å²) >= 11 is 0. The summed E-state index contributed by atoms with van der Waals surface area (Å²) < 4.78 is 33.7. The van der Waals surface area contributed by atoms with E-state index >= 15 is 0 Å². The Bertz CT molecular complexity index is 1230. The highest BCUT2D eigenvalue weighted by atomic mass is 16.7. The van der Waals surface area contributed by atoms with E-state index in [9.17, 15) is 45.3 Å². The molecule has 2 rings (SSSR count). The van der Waals surface area contributed by atoms with E-state index in [0.717, 1.165) is 38.5 Å². The maximum atomic E-state index is 13.0. The van der Waals surface area contributed by atoms with Gasteiger partial charge in [-0.2, -0.15) is 0 Å². The first-order chi connectivity index (χ1) is 34.0. The summed E-state index contributed by atoms with van der Waals surface area (Å²) in [6.45, 7) is 2.64. The number of aliphatic hydroxyl groups excluding tert-OH is 7. The Morgan fingerprint density at radius 1 is 0.400 bits per heavy atom. The van der Waals surface area contributed by atoms with Crippen LogP contribution < -0.4 is 0 Å². The third-order valence-corrected chi connectivity index (χ3v) is 14.1. The molecule has 11 unspecified atom stereocenters. The molecule has 0 aromatic rings. The van der Waals surface area contributed by atoms with Gasteiger partial charge in [0.25, 0.3) is 0 Å². The van der Waals surface area contributed by atoms with Crippen molar-refractivity contribution >= 4 is 11.9 Å². The van der Waals surface area contributed by atoms with E-state index in [1.54, 1.807) is 0 Å². The number of hydrogen-bond donors (Lipinski definition) is 7. The first-order valence-electron chi connectivity index (χ1n) is 28.6. The fraction of sp³-hybridized carbons (Fsp3) is 0.964. The lowest BCUT2D eigenvalue weighted by Gasteiger charge is -2.42. The summed E-state index contributed by atoms with van der Waals surface area (Å²) in [6, 6.07) is 0. The summed E-state index contributed by atoms with van der Waals surface area (Å²) in [4.78, 5) is 25.8. The fourth-order valence-corrected chi connectivity index (χ4v) is 9.40. The lowest BCUT2D eigenvalue weighted by Crippen LogP contribution is -2.61. The molecule has 0 aliphatic carbocycles. The molecule has 2 fully saturated rings. The smallest absolute Gasteiger partial charge is 0.306 e. The molecule has 2 saturated heterocycles. The quantitative estimate of drug-likeness (QED) is 0.0223. The van der Waals surface area contributed by atoms with Crippen molar-refractivity contribution in [3.63, 3.8) is 0 Å². The standard InChI is InChI=1S/C55H104O15/c1-3-5-7-9-11-13-15-17-18-19-20-21-22-23-24-25-26-28-30-32-34-36-38-47(58)68-43(40-65-46(57)37-35-33-31-29-27-16-14-12-10-8-6-4-2)41-66-54-53(64)51(62)49(60)45(70-54)42-67-55-52(63)50(61)48(59)44(39-56)69-55/h43-45,48-56,59-64H,3-42H2,1-2H3. The minimum absolute atomic E-state index is 0.174. The molecule has 11 atom stereocenters. The molecule has 414 valence electrons. The highest BCUT2D eigenvalue weighted by Gasteiger charge is 2.47. The van der Waals surface area contributed by atoms with E-state index in [2.05, 4.69) is 13.8 Å². The first kappa shape index (κ1) is 64.6. The number of aliphatic hydroxyl groups is 7. The molecule has 0 aromatic carbocycles. The van der Waals surface area contributed by atoms with Crippen molar-refractivity contribution in [3.8, 4) is 0 Å². The minimum atomic E-state index is -1.76. The van der Waals surface area contributed by atoms with E-state index in [4.69, 9.17) is 28.4 Å². The van der Waals surface area contributed by atoms with Crippen LogP contribution in [0, 0.1) is 0 Å². The van der Waals surface area contributed by atoms with Crippen molar-refractivity contribution < 1.29 is 73.8 Å². The van der Waals surface area contributed by atoms with Gasteiger partial charge in [0, 0.05) is 12.8 Å². The number of carbonyl (C=O) groups excluding carboxylic acids is 2. The zero-order chi connectivity index (χ0) is 51.0. The Balaban J connectivity index is 1.73. The molecule has 15 heteroatoms. The van der Waals surface area contributed by atoms with Gasteiger partial charge < -0.3 is 64.2 Å². The minimum Gasteiger partial charge on any atom is -0.462 e. The van der Waals surface area contributed by atoms with Crippen LogP contribution >= 0.6 is 0 Å². The zero-order valence-electron chi connectivity index (χ0n) is 44.0. The van der Waals surface area contributed by atoms with Gasteiger partial charge in [0.2, 0.25) is 0 Å². The maximum absolute atomic E-state index is 13.0. The second kappa shape index (κ2) is 42.8. The number of rotatable bonds is 46. The van der Waals surface area contributed by atoms with Gasteiger partial charge >= 0.3 is 11.9 Å². The largest absolute Gasteiger partial charge is 0.462 e. The van der Waals surface area contributed by atoms with Crippen LogP contribution in [0.5, 0.6) is 0 Å². The molecule has 2 aliphatic heterocycles. The molecule has 0 bridgehead atoms. The normalized spacial score (nSPS) is 25.3. The summed E-state index contributed by atoms with van der Waals surface area (Å²) in [5.74, 6) is -0.907. The molecule has 0 amide bonds. The number of hydrogen-bond acceptors (Lipinski definition) is 15. The third kappa shape index (κ3) is 30.0. The van der Waals surface area contributed by atoms with Gasteiger partial charge in [-0.15, -0.1) is 0 Å². The second-order valence-electron chi connectivity index (χ2n) is 20.5. The Morgan fingerprint density at radius 2 is 0.729 bits per heavy atom. The molecule has 70 heavy (non-hydrogen) atoms. The zero-order valence-corrected chi connectivity index (χ0v) is 44.0. The molecule has 0 spiro atoms. The summed E-state index contributed by atoms with van der Waals surface area (Å²) in [7, 11) is 0. The van der Waals surface area contributed by atoms with Gasteiger partial charge in [-0.25, -0.2) is 0 Å². The number of unbranched alkanes of at least 4 members (excludes halogenated alkanes) is 32. The van der Waals surface area contributed by atoms with Crippen LogP contribution in [0.15, 0.2) is 0 Å². The van der Waals surface area contributed by atoms with Crippen LogP contribution in [-0.4, -0.2) is 142 Å². The van der Waals surface area contributed by atoms with Crippen molar-refractivity contribution in [1.82, 2.24) is 0 Å². The molecule has 0 saturated carbocycles. The first-order valence-corrected chi connectivity index (χ1v) is 28.6. The molecular formula is C55H104O15. The van der Waals surface area contributed by atoms with Gasteiger partial charge in [0.1, 0.15) is 55.4 Å². The van der Waals surface area contributed by atoms with Crippen LogP contribution in [0.4, 0.5) is 0 Å². The molecule has 0 radical (unpaired) electrons. The number of ether oxygens (including phenoxy) is 6. The summed E-state index contributed by atoms with van der Waals surface area (Å²) in [5, 5.41) is 72.2. The van der Waals surface area contributed by atoms with Crippen LogP contribution in [0.25, 0.3) is 0 Å². The van der Waals surface area contributed by atoms with E-state index in [1.165, 1.54) is 167 Å². The molecule has 2 heterocycles. The van der Waals surface area contributed by atoms with Gasteiger partial charge in [-0.3, -0.25) is 9.59 Å². The fourth-order valence-electron chi connectivity index (χ4n) is 9.40. The summed E-state index contributed by atoms with van der Waals surface area (Å²) in [6.07, 6.45) is 25.6. The molecule has 7 N–H and O–H groups in total. The third-order valence-electron chi connectivity index (χ3n) is 14.1. The average Bonchev–Trinajstić information content (AvgIpc) is 3.35. The van der Waals surface area contributed by atoms with Gasteiger partial charge in [-0.05, 0) is 12.8 Å². The highest BCUT2D eigenvalue weighted by molar-refractivity contribution is 5.70. The van der Waals surface area contributed by atoms with Crippen molar-refractivity contribution in [1.29, 1.82) is 0 Å². The lowest BCUT2D eigenvalue weighted by molar-refractivity contribution is -0.332. The monoisotopic (exact) mass is 1000 g/mol. The van der Waals surface area contributed by atoms with E-state index in [1.807, 2.05) is 0 Å². The Labute approximate surface area is 423 Å². The maximum Gasteiger partial charge on any atom is 0.306 e. The Kier molecular flexibility index (Phi) is 39.5. The lowest BCUT2D eigenvalue weighted by atomic mass is 9.98. The van der Waals surface area contributed by atoms with Crippen LogP contribution in [0.1, 0.15) is 245 Å². The van der Waals surface area contributed by atoms with Crippen LogP contribution in [0.2, 0.25) is 0 Å². The number of carbonyl (C=O) groups is 2. The van der Waals surface area contributed by atoms with Crippen molar-refractivity contribution in [2.45, 2.75) is 313 Å². The van der Waals surface area contributed by atoms with E-state index in [-0.39, 0.29) is 26.1 Å². The van der Waals surface area contributed by atoms with Crippen LogP contribution in [-0.2, 0) is 38.0 Å². The van der Waals surface area contributed by atoms with E-state index in [0.29, 0.717) is 12.8 Å². The molecule has 0 aromatic heterocycles. The van der Waals surface area contributed by atoms with Crippen molar-refractivity contribution in [2.75, 3.05) is 26.4 Å². The predicted octanol–water partition coefficient (Wildman–Crippen LogP) is 9.17. The predicted molar refractivity (Wildman–Crippen MR) is 271 cm³/mol. The number of esters is 2. The topological polar surface area (TPSA) is 231 Å². The Morgan fingerprint density at radius 3 is 1.11 bits per heavy atom. The van der Waals surface area contributed by atoms with E-state index < -0.39 is 92.7 Å². The Hall–Kier alpha value is -1.50. The molecule has 15 nitrogen and oxygen atoms in total. The van der Waals surface area contributed by atoms with Crippen LogP contribution in [0.3, 0.4) is 0 Å².